The summed E-state index contributed by atoms with van der Waals surface area (Å²) in [7, 11) is 1.61. The van der Waals surface area contributed by atoms with Crippen LogP contribution in [0.2, 0.25) is 0 Å². The van der Waals surface area contributed by atoms with E-state index in [1.165, 1.54) is 0 Å². The van der Waals surface area contributed by atoms with E-state index in [4.69, 9.17) is 4.74 Å². The first kappa shape index (κ1) is 19.2. The first-order valence-electron chi connectivity index (χ1n) is 9.83. The van der Waals surface area contributed by atoms with Crippen molar-refractivity contribution in [3.05, 3.63) is 42.0 Å². The van der Waals surface area contributed by atoms with Crippen LogP contribution in [0.3, 0.4) is 0 Å². The molecule has 2 fully saturated rings. The number of benzene rings is 2. The van der Waals surface area contributed by atoms with Crippen molar-refractivity contribution in [1.82, 2.24) is 15.5 Å². The molecule has 2 atom stereocenters. The smallest absolute Gasteiger partial charge is 0.325 e. The van der Waals surface area contributed by atoms with Gasteiger partial charge in [0.25, 0.3) is 5.91 Å². The van der Waals surface area contributed by atoms with Crippen molar-refractivity contribution >= 4 is 28.6 Å². The molecule has 0 radical (unpaired) electrons. The Morgan fingerprint density at radius 2 is 1.93 bits per heavy atom. The van der Waals surface area contributed by atoms with Gasteiger partial charge in [0.15, 0.2) is 0 Å². The van der Waals surface area contributed by atoms with Crippen molar-refractivity contribution in [3.63, 3.8) is 0 Å². The average Bonchev–Trinajstić information content (AvgIpc) is 3.52. The van der Waals surface area contributed by atoms with Gasteiger partial charge in [-0.1, -0.05) is 18.2 Å². The fourth-order valence-electron chi connectivity index (χ4n) is 3.86. The first-order chi connectivity index (χ1) is 13.8. The third-order valence-corrected chi connectivity index (χ3v) is 5.92. The van der Waals surface area contributed by atoms with Crippen molar-refractivity contribution in [2.24, 2.45) is 5.92 Å². The number of hydrogen-bond donors (Lipinski definition) is 2. The summed E-state index contributed by atoms with van der Waals surface area (Å²) in [4.78, 5) is 38.9. The summed E-state index contributed by atoms with van der Waals surface area (Å²) in [6, 6.07) is 10.8. The molecule has 4 amide bonds. The lowest BCUT2D eigenvalue weighted by atomic mass is 9.90. The number of nitrogens with one attached hydrogen (secondary N) is 2. The van der Waals surface area contributed by atoms with E-state index in [2.05, 4.69) is 10.6 Å². The summed E-state index contributed by atoms with van der Waals surface area (Å²) in [6.07, 6.45) is 2.22. The van der Waals surface area contributed by atoms with Gasteiger partial charge in [-0.05, 0) is 67.1 Å². The van der Waals surface area contributed by atoms with Crippen LogP contribution in [-0.4, -0.2) is 42.4 Å². The van der Waals surface area contributed by atoms with Gasteiger partial charge in [0, 0.05) is 6.04 Å². The van der Waals surface area contributed by atoms with Crippen molar-refractivity contribution in [1.29, 1.82) is 0 Å². The minimum absolute atomic E-state index is 0.0622. The van der Waals surface area contributed by atoms with Crippen LogP contribution in [0.4, 0.5) is 4.79 Å². The number of urea groups is 1. The van der Waals surface area contributed by atoms with E-state index in [0.29, 0.717) is 11.5 Å². The lowest BCUT2D eigenvalue weighted by Crippen LogP contribution is -2.45. The van der Waals surface area contributed by atoms with Gasteiger partial charge in [-0.15, -0.1) is 0 Å². The summed E-state index contributed by atoms with van der Waals surface area (Å²) in [5, 5.41) is 7.55. The van der Waals surface area contributed by atoms with Gasteiger partial charge in [0.1, 0.15) is 17.8 Å². The fraction of sp³-hybridized carbons (Fsp3) is 0.409. The molecule has 29 heavy (non-hydrogen) atoms. The van der Waals surface area contributed by atoms with Crippen LogP contribution < -0.4 is 15.4 Å². The standard InChI is InChI=1S/C22H25N3O4/c1-13(14-4-5-14)23-19(26)12-25-20(27)22(2,24-21(25)28)17-8-6-16-11-18(29-3)9-7-15(16)10-17/h6-11,13-14H,4-5,12H2,1-3H3,(H,23,26)(H,24,28)/t13-,22+/m0/s1. The number of methoxy groups -OCH3 is 1. The van der Waals surface area contributed by atoms with E-state index < -0.39 is 17.5 Å². The monoisotopic (exact) mass is 395 g/mol. The number of amides is 4. The van der Waals surface area contributed by atoms with E-state index in [0.717, 1.165) is 34.3 Å². The number of imide groups is 1. The van der Waals surface area contributed by atoms with Crippen LogP contribution in [0.25, 0.3) is 10.8 Å². The van der Waals surface area contributed by atoms with Gasteiger partial charge in [0.2, 0.25) is 5.91 Å². The van der Waals surface area contributed by atoms with Gasteiger partial charge < -0.3 is 15.4 Å². The predicted octanol–water partition coefficient (Wildman–Crippen LogP) is 2.53. The molecule has 1 aliphatic carbocycles. The van der Waals surface area contributed by atoms with Gasteiger partial charge >= 0.3 is 6.03 Å². The molecule has 0 aromatic heterocycles. The Bertz CT molecular complexity index is 1000. The number of carbonyl (C=O) groups is 3. The molecule has 0 spiro atoms. The predicted molar refractivity (Wildman–Crippen MR) is 108 cm³/mol. The highest BCUT2D eigenvalue weighted by atomic mass is 16.5. The molecule has 7 nitrogen and oxygen atoms in total. The summed E-state index contributed by atoms with van der Waals surface area (Å²) >= 11 is 0. The Labute approximate surface area is 169 Å². The van der Waals surface area contributed by atoms with Crippen LogP contribution in [0, 0.1) is 5.92 Å². The molecular weight excluding hydrogens is 370 g/mol. The molecule has 1 saturated carbocycles. The SMILES string of the molecule is COc1ccc2cc([C@@]3(C)NC(=O)N(CC(=O)N[C@@H](C)C4CC4)C3=O)ccc2c1. The van der Waals surface area contributed by atoms with Crippen molar-refractivity contribution in [3.8, 4) is 5.75 Å². The summed E-state index contributed by atoms with van der Waals surface area (Å²) in [5.74, 6) is 0.509. The maximum atomic E-state index is 13.1. The Hall–Kier alpha value is -3.09. The van der Waals surface area contributed by atoms with Gasteiger partial charge in [-0.3, -0.25) is 14.5 Å². The number of nitrogens with zero attached hydrogens (tertiary/aromatic N) is 1. The zero-order valence-corrected chi connectivity index (χ0v) is 16.8. The maximum absolute atomic E-state index is 13.1. The Morgan fingerprint density at radius 1 is 1.24 bits per heavy atom. The molecule has 1 heterocycles. The molecule has 0 bridgehead atoms. The van der Waals surface area contributed by atoms with Gasteiger partial charge in [-0.2, -0.15) is 0 Å². The number of carbonyl (C=O) groups excluding carboxylic acids is 3. The van der Waals surface area contributed by atoms with Crippen LogP contribution in [0.15, 0.2) is 36.4 Å². The second kappa shape index (κ2) is 7.06. The minimum atomic E-state index is -1.21. The lowest BCUT2D eigenvalue weighted by Gasteiger charge is -2.23. The summed E-state index contributed by atoms with van der Waals surface area (Å²) in [5.41, 5.74) is -0.545. The van der Waals surface area contributed by atoms with Crippen molar-refractivity contribution in [2.75, 3.05) is 13.7 Å². The average molecular weight is 395 g/mol. The van der Waals surface area contributed by atoms with E-state index in [1.807, 2.05) is 43.3 Å². The Kier molecular flexibility index (Phi) is 4.68. The fourth-order valence-corrected chi connectivity index (χ4v) is 3.86. The normalized spacial score (nSPS) is 22.5. The minimum Gasteiger partial charge on any atom is -0.497 e. The zero-order chi connectivity index (χ0) is 20.8. The van der Waals surface area contributed by atoms with Crippen LogP contribution in [0.1, 0.15) is 32.3 Å². The second-order valence-electron chi connectivity index (χ2n) is 8.07. The molecule has 152 valence electrons. The highest BCUT2D eigenvalue weighted by molar-refractivity contribution is 6.09. The van der Waals surface area contributed by atoms with Gasteiger partial charge in [0.05, 0.1) is 7.11 Å². The van der Waals surface area contributed by atoms with Crippen LogP contribution in [0.5, 0.6) is 5.75 Å². The van der Waals surface area contributed by atoms with E-state index in [9.17, 15) is 14.4 Å². The molecule has 0 unspecified atom stereocenters. The highest BCUT2D eigenvalue weighted by Crippen LogP contribution is 2.33. The Morgan fingerprint density at radius 3 is 2.62 bits per heavy atom. The van der Waals surface area contributed by atoms with E-state index >= 15 is 0 Å². The Balaban J connectivity index is 1.54. The van der Waals surface area contributed by atoms with E-state index in [1.54, 1.807) is 14.0 Å². The second-order valence-corrected chi connectivity index (χ2v) is 8.07. The molecule has 2 aliphatic rings. The van der Waals surface area contributed by atoms with Crippen molar-refractivity contribution < 1.29 is 19.1 Å². The molecule has 1 saturated heterocycles. The highest BCUT2D eigenvalue weighted by Gasteiger charge is 2.49. The van der Waals surface area contributed by atoms with Crippen LogP contribution in [-0.2, 0) is 15.1 Å². The largest absolute Gasteiger partial charge is 0.497 e. The number of hydrogen-bond acceptors (Lipinski definition) is 4. The zero-order valence-electron chi connectivity index (χ0n) is 16.8. The molecular formula is C22H25N3O4. The number of rotatable bonds is 6. The molecule has 4 rings (SSSR count). The van der Waals surface area contributed by atoms with Gasteiger partial charge in [-0.25, -0.2) is 4.79 Å². The molecule has 2 aromatic rings. The summed E-state index contributed by atoms with van der Waals surface area (Å²) < 4.78 is 5.24. The molecule has 2 N–H and O–H groups in total. The third kappa shape index (κ3) is 3.52. The number of fused-ring (bicyclic) bond motifs is 1. The topological polar surface area (TPSA) is 87.7 Å². The maximum Gasteiger partial charge on any atom is 0.325 e. The lowest BCUT2D eigenvalue weighted by molar-refractivity contribution is -0.135. The quantitative estimate of drug-likeness (QED) is 0.736. The first-order valence-corrected chi connectivity index (χ1v) is 9.83. The van der Waals surface area contributed by atoms with Crippen LogP contribution >= 0.6 is 0 Å². The number of ether oxygens (including phenoxy) is 1. The summed E-state index contributed by atoms with van der Waals surface area (Å²) in [6.45, 7) is 3.35. The van der Waals surface area contributed by atoms with Crippen molar-refractivity contribution in [2.45, 2.75) is 38.3 Å². The third-order valence-electron chi connectivity index (χ3n) is 5.92. The van der Waals surface area contributed by atoms with E-state index in [-0.39, 0.29) is 18.5 Å². The molecule has 1 aliphatic heterocycles. The molecule has 7 heteroatoms. The molecule has 2 aromatic carbocycles.